The molecule has 0 bridgehead atoms. The minimum atomic E-state index is -0.534. The highest BCUT2D eigenvalue weighted by Gasteiger charge is 2.24. The summed E-state index contributed by atoms with van der Waals surface area (Å²) in [7, 11) is 0. The van der Waals surface area contributed by atoms with E-state index in [1.807, 2.05) is 0 Å². The molecule has 0 aliphatic carbocycles. The van der Waals surface area contributed by atoms with E-state index >= 15 is 0 Å². The normalized spacial score (nSPS) is 13.6. The molecule has 3 aromatic rings. The first-order chi connectivity index (χ1) is 15.0. The maximum absolute atomic E-state index is 14.4. The lowest BCUT2D eigenvalue weighted by Crippen LogP contribution is -2.24. The van der Waals surface area contributed by atoms with Gasteiger partial charge in [-0.15, -0.1) is 0 Å². The first-order valence-electron chi connectivity index (χ1n) is 9.98. The van der Waals surface area contributed by atoms with Crippen molar-refractivity contribution in [2.45, 2.75) is 32.1 Å². The van der Waals surface area contributed by atoms with Gasteiger partial charge in [0.25, 0.3) is 0 Å². The Labute approximate surface area is 183 Å². The lowest BCUT2D eigenvalue weighted by Gasteiger charge is -2.17. The van der Waals surface area contributed by atoms with E-state index in [1.165, 1.54) is 17.0 Å². The van der Waals surface area contributed by atoms with Gasteiger partial charge < -0.3 is 14.7 Å². The molecule has 7 nitrogen and oxygen atoms in total. The van der Waals surface area contributed by atoms with Crippen molar-refractivity contribution in [3.05, 3.63) is 59.2 Å². The zero-order chi connectivity index (χ0) is 21.8. The molecule has 1 aliphatic rings. The van der Waals surface area contributed by atoms with Gasteiger partial charge in [0.1, 0.15) is 5.82 Å². The molecule has 0 saturated carbocycles. The van der Waals surface area contributed by atoms with E-state index in [1.54, 1.807) is 30.3 Å². The summed E-state index contributed by atoms with van der Waals surface area (Å²) in [5, 5.41) is 7.23. The van der Waals surface area contributed by atoms with E-state index in [2.05, 4.69) is 15.5 Å². The van der Waals surface area contributed by atoms with Crippen molar-refractivity contribution in [3.63, 3.8) is 0 Å². The minimum Gasteiger partial charge on any atom is -0.339 e. The summed E-state index contributed by atoms with van der Waals surface area (Å²) < 4.78 is 19.6. The van der Waals surface area contributed by atoms with Gasteiger partial charge in [0.05, 0.1) is 5.69 Å². The molecule has 1 saturated heterocycles. The Kier molecular flexibility index (Phi) is 6.27. The molecular weight excluding hydrogens is 423 g/mol. The standard InChI is InChI=1S/C22H20ClFN4O3/c23-15-8-6-14(7-9-15)22-26-20(31-27-22)4-1-3-19(29)25-16-10-11-18(17(24)13-16)28-12-2-5-21(28)30/h6-11,13H,1-5,12H2,(H,25,29). The molecule has 1 aliphatic heterocycles. The second kappa shape index (κ2) is 9.26. The third-order valence-corrected chi connectivity index (χ3v) is 5.21. The topological polar surface area (TPSA) is 88.3 Å². The second-order valence-corrected chi connectivity index (χ2v) is 7.67. The quantitative estimate of drug-likeness (QED) is 0.577. The Bertz CT molecular complexity index is 1100. The Balaban J connectivity index is 1.27. The maximum atomic E-state index is 14.4. The monoisotopic (exact) mass is 442 g/mol. The third kappa shape index (κ3) is 5.08. The summed E-state index contributed by atoms with van der Waals surface area (Å²) >= 11 is 5.87. The predicted octanol–water partition coefficient (Wildman–Crippen LogP) is 4.62. The molecule has 2 heterocycles. The molecule has 4 rings (SSSR count). The van der Waals surface area contributed by atoms with Gasteiger partial charge in [0, 0.05) is 42.1 Å². The van der Waals surface area contributed by atoms with E-state index in [-0.39, 0.29) is 23.9 Å². The smallest absolute Gasteiger partial charge is 0.227 e. The zero-order valence-corrected chi connectivity index (χ0v) is 17.4. The fourth-order valence-electron chi connectivity index (χ4n) is 3.40. The molecule has 2 amide bonds. The Hall–Kier alpha value is -3.26. The van der Waals surface area contributed by atoms with Crippen molar-refractivity contribution < 1.29 is 18.5 Å². The van der Waals surface area contributed by atoms with Gasteiger partial charge in [-0.2, -0.15) is 4.98 Å². The van der Waals surface area contributed by atoms with Crippen LogP contribution in [-0.4, -0.2) is 28.5 Å². The molecule has 1 fully saturated rings. The average molecular weight is 443 g/mol. The van der Waals surface area contributed by atoms with Gasteiger partial charge in [-0.3, -0.25) is 9.59 Å². The number of amides is 2. The zero-order valence-electron chi connectivity index (χ0n) is 16.6. The van der Waals surface area contributed by atoms with Crippen molar-refractivity contribution in [1.29, 1.82) is 0 Å². The van der Waals surface area contributed by atoms with Gasteiger partial charge >= 0.3 is 0 Å². The van der Waals surface area contributed by atoms with Crippen LogP contribution >= 0.6 is 11.6 Å². The number of aryl methyl sites for hydroxylation is 1. The summed E-state index contributed by atoms with van der Waals surface area (Å²) in [4.78, 5) is 29.7. The summed E-state index contributed by atoms with van der Waals surface area (Å²) in [5.41, 5.74) is 1.38. The maximum Gasteiger partial charge on any atom is 0.227 e. The lowest BCUT2D eigenvalue weighted by molar-refractivity contribution is -0.117. The molecule has 0 atom stereocenters. The molecule has 1 aromatic heterocycles. The van der Waals surface area contributed by atoms with Crippen LogP contribution in [0.15, 0.2) is 47.0 Å². The fourth-order valence-corrected chi connectivity index (χ4v) is 3.53. The number of hydrogen-bond donors (Lipinski definition) is 1. The first-order valence-corrected chi connectivity index (χ1v) is 10.4. The van der Waals surface area contributed by atoms with Gasteiger partial charge in [-0.05, 0) is 55.3 Å². The van der Waals surface area contributed by atoms with Crippen LogP contribution in [-0.2, 0) is 16.0 Å². The van der Waals surface area contributed by atoms with Crippen molar-refractivity contribution >= 4 is 34.8 Å². The van der Waals surface area contributed by atoms with Crippen molar-refractivity contribution in [1.82, 2.24) is 10.1 Å². The van der Waals surface area contributed by atoms with E-state index in [9.17, 15) is 14.0 Å². The number of carbonyl (C=O) groups is 2. The predicted molar refractivity (Wildman–Crippen MR) is 114 cm³/mol. The molecule has 1 N–H and O–H groups in total. The molecule has 0 unspecified atom stereocenters. The summed E-state index contributed by atoms with van der Waals surface area (Å²) in [6, 6.07) is 11.4. The number of hydrogen-bond acceptors (Lipinski definition) is 5. The van der Waals surface area contributed by atoms with Crippen molar-refractivity contribution in [2.75, 3.05) is 16.8 Å². The molecular formula is C22H20ClFN4O3. The molecule has 0 spiro atoms. The summed E-state index contributed by atoms with van der Waals surface area (Å²) in [6.45, 7) is 0.511. The molecule has 0 radical (unpaired) electrons. The van der Waals surface area contributed by atoms with Crippen molar-refractivity contribution in [2.24, 2.45) is 0 Å². The largest absolute Gasteiger partial charge is 0.339 e. The second-order valence-electron chi connectivity index (χ2n) is 7.24. The van der Waals surface area contributed by atoms with Crippen molar-refractivity contribution in [3.8, 4) is 11.4 Å². The third-order valence-electron chi connectivity index (χ3n) is 4.96. The highest BCUT2D eigenvalue weighted by molar-refractivity contribution is 6.30. The molecule has 2 aromatic carbocycles. The number of aromatic nitrogens is 2. The first kappa shape index (κ1) is 21.0. The van der Waals surface area contributed by atoms with Gasteiger partial charge in [-0.1, -0.05) is 16.8 Å². The number of anilines is 2. The van der Waals surface area contributed by atoms with Crippen LogP contribution in [0.4, 0.5) is 15.8 Å². The van der Waals surface area contributed by atoms with Crippen LogP contribution in [0.2, 0.25) is 5.02 Å². The highest BCUT2D eigenvalue weighted by atomic mass is 35.5. The molecule has 160 valence electrons. The Morgan fingerprint density at radius 3 is 2.74 bits per heavy atom. The van der Waals surface area contributed by atoms with Crippen LogP contribution in [0.1, 0.15) is 31.6 Å². The number of rotatable bonds is 7. The van der Waals surface area contributed by atoms with Crippen LogP contribution in [0, 0.1) is 5.82 Å². The number of halogens is 2. The minimum absolute atomic E-state index is 0.0871. The van der Waals surface area contributed by atoms with E-state index < -0.39 is 5.82 Å². The fraction of sp³-hybridized carbons (Fsp3) is 0.273. The summed E-state index contributed by atoms with van der Waals surface area (Å²) in [5.74, 6) is 0.0259. The van der Waals surface area contributed by atoms with Gasteiger partial charge in [-0.25, -0.2) is 4.39 Å². The Morgan fingerprint density at radius 1 is 1.23 bits per heavy atom. The van der Waals surface area contributed by atoms with Crippen LogP contribution in [0.5, 0.6) is 0 Å². The Morgan fingerprint density at radius 2 is 2.03 bits per heavy atom. The molecule has 31 heavy (non-hydrogen) atoms. The lowest BCUT2D eigenvalue weighted by atomic mass is 10.2. The van der Waals surface area contributed by atoms with Gasteiger partial charge in [0.15, 0.2) is 0 Å². The SMILES string of the molecule is O=C(CCCc1nc(-c2ccc(Cl)cc2)no1)Nc1ccc(N2CCCC2=O)c(F)c1. The highest BCUT2D eigenvalue weighted by Crippen LogP contribution is 2.27. The van der Waals surface area contributed by atoms with Crippen LogP contribution in [0.25, 0.3) is 11.4 Å². The number of nitrogens with zero attached hydrogens (tertiary/aromatic N) is 3. The van der Waals surface area contributed by atoms with Crippen LogP contribution in [0.3, 0.4) is 0 Å². The van der Waals surface area contributed by atoms with E-state index in [4.69, 9.17) is 16.1 Å². The molecule has 9 heteroatoms. The van der Waals surface area contributed by atoms with E-state index in [0.29, 0.717) is 48.2 Å². The van der Waals surface area contributed by atoms with Gasteiger partial charge in [0.2, 0.25) is 23.5 Å². The average Bonchev–Trinajstić information content (AvgIpc) is 3.38. The van der Waals surface area contributed by atoms with Crippen LogP contribution < -0.4 is 10.2 Å². The number of nitrogens with one attached hydrogen (secondary N) is 1. The number of benzene rings is 2. The number of carbonyl (C=O) groups excluding carboxylic acids is 2. The van der Waals surface area contributed by atoms with E-state index in [0.717, 1.165) is 12.0 Å². The summed E-state index contributed by atoms with van der Waals surface area (Å²) in [6.07, 6.45) is 2.30.